The number of amides is 1. The molecule has 1 fully saturated rings. The molecule has 0 spiro atoms. The van der Waals surface area contributed by atoms with Crippen molar-refractivity contribution in [3.8, 4) is 11.8 Å². The van der Waals surface area contributed by atoms with Crippen molar-refractivity contribution in [1.82, 2.24) is 24.2 Å². The molecule has 0 aliphatic carbocycles. The molecule has 0 atom stereocenters. The van der Waals surface area contributed by atoms with E-state index in [1.807, 2.05) is 33.7 Å². The van der Waals surface area contributed by atoms with Gasteiger partial charge in [0, 0.05) is 44.5 Å². The van der Waals surface area contributed by atoms with Crippen LogP contribution in [0.1, 0.15) is 39.0 Å². The zero-order valence-corrected chi connectivity index (χ0v) is 22.9. The van der Waals surface area contributed by atoms with E-state index >= 15 is 0 Å². The number of anilines is 1. The Hall–Kier alpha value is -4.25. The van der Waals surface area contributed by atoms with Gasteiger partial charge >= 0.3 is 6.18 Å². The fourth-order valence-electron chi connectivity index (χ4n) is 4.33. The van der Waals surface area contributed by atoms with E-state index in [9.17, 15) is 18.0 Å². The number of carbonyl (C=O) groups is 2. The van der Waals surface area contributed by atoms with Crippen LogP contribution in [0.25, 0.3) is 5.65 Å². The van der Waals surface area contributed by atoms with E-state index in [1.54, 1.807) is 6.20 Å². The van der Waals surface area contributed by atoms with Crippen molar-refractivity contribution >= 4 is 34.5 Å². The van der Waals surface area contributed by atoms with Crippen molar-refractivity contribution in [2.75, 3.05) is 38.0 Å². The molecule has 0 bridgehead atoms. The molecule has 4 heterocycles. The van der Waals surface area contributed by atoms with Crippen molar-refractivity contribution in [1.29, 1.82) is 0 Å². The number of rotatable bonds is 5. The average molecular weight is 585 g/mol. The second kappa shape index (κ2) is 13.4. The summed E-state index contributed by atoms with van der Waals surface area (Å²) in [6.07, 6.45) is 0.467. The standard InChI is InChI=1S/C27H25F3N6OS.CH2O2/c1-2-34-11-13-35(14-12-34)18-20-7-6-19(15-23(20)27(28,29)30)25(37)33-26-32-17-22(38-26)9-8-21-16-31-24-5-3-4-10-36(21)24;2-1-3/h3-7,10,15-17H,2,11-14,18H2,1H3,(H,32,33,37);1H,(H,2,3). The van der Waals surface area contributed by atoms with Gasteiger partial charge in [-0.15, -0.1) is 0 Å². The maximum absolute atomic E-state index is 13.9. The van der Waals surface area contributed by atoms with Gasteiger partial charge in [0.2, 0.25) is 0 Å². The van der Waals surface area contributed by atoms with Crippen LogP contribution in [0.2, 0.25) is 0 Å². The maximum atomic E-state index is 13.9. The lowest BCUT2D eigenvalue weighted by Gasteiger charge is -2.34. The molecule has 0 unspecified atom stereocenters. The third kappa shape index (κ3) is 7.69. The van der Waals surface area contributed by atoms with Crippen LogP contribution in [-0.4, -0.2) is 74.4 Å². The van der Waals surface area contributed by atoms with Crippen LogP contribution in [0.5, 0.6) is 0 Å². The molecule has 4 aromatic rings. The molecule has 1 amide bonds. The molecular formula is C28H27F3N6O3S. The SMILES string of the molecule is CCN1CCN(Cc2ccc(C(=O)Nc3ncc(C#Cc4cnc5ccccn45)s3)cc2C(F)(F)F)CC1.O=CO. The summed E-state index contributed by atoms with van der Waals surface area (Å²) in [5.74, 6) is 5.36. The Balaban J connectivity index is 0.00000124. The first kappa shape index (κ1) is 29.7. The number of fused-ring (bicyclic) bond motifs is 1. The number of nitrogens with one attached hydrogen (secondary N) is 1. The summed E-state index contributed by atoms with van der Waals surface area (Å²) in [7, 11) is 0. The Bertz CT molecular complexity index is 1570. The summed E-state index contributed by atoms with van der Waals surface area (Å²) in [6.45, 7) is 6.02. The summed E-state index contributed by atoms with van der Waals surface area (Å²) in [6, 6.07) is 9.39. The molecule has 1 aliphatic heterocycles. The van der Waals surface area contributed by atoms with Crippen molar-refractivity contribution in [3.63, 3.8) is 0 Å². The van der Waals surface area contributed by atoms with Crippen LogP contribution in [0.3, 0.4) is 0 Å². The molecule has 214 valence electrons. The number of nitrogens with zero attached hydrogens (tertiary/aromatic N) is 5. The predicted molar refractivity (Wildman–Crippen MR) is 149 cm³/mol. The number of aromatic nitrogens is 3. The molecule has 5 rings (SSSR count). The summed E-state index contributed by atoms with van der Waals surface area (Å²) in [5.41, 5.74) is 0.773. The van der Waals surface area contributed by atoms with Crippen LogP contribution < -0.4 is 5.32 Å². The molecule has 0 radical (unpaired) electrons. The second-order valence-electron chi connectivity index (χ2n) is 8.99. The lowest BCUT2D eigenvalue weighted by molar-refractivity contribution is -0.138. The fraction of sp³-hybridized carbons (Fsp3) is 0.286. The Morgan fingerprint density at radius 2 is 1.83 bits per heavy atom. The summed E-state index contributed by atoms with van der Waals surface area (Å²) in [5, 5.41) is 9.73. The highest BCUT2D eigenvalue weighted by Gasteiger charge is 2.34. The van der Waals surface area contributed by atoms with Gasteiger partial charge in [-0.2, -0.15) is 13.2 Å². The van der Waals surface area contributed by atoms with E-state index in [0.717, 1.165) is 42.7 Å². The Morgan fingerprint density at radius 1 is 1.10 bits per heavy atom. The smallest absolute Gasteiger partial charge is 0.416 e. The van der Waals surface area contributed by atoms with Crippen LogP contribution in [-0.2, 0) is 17.5 Å². The van der Waals surface area contributed by atoms with Gasteiger partial charge < -0.3 is 10.0 Å². The average Bonchev–Trinajstić information content (AvgIpc) is 3.59. The van der Waals surface area contributed by atoms with Crippen LogP contribution in [0.15, 0.2) is 55.0 Å². The number of carboxylic acid groups (broad SMARTS) is 1. The number of halogens is 3. The third-order valence-corrected chi connectivity index (χ3v) is 7.27. The predicted octanol–water partition coefficient (Wildman–Crippen LogP) is 4.30. The summed E-state index contributed by atoms with van der Waals surface area (Å²) >= 11 is 1.14. The van der Waals surface area contributed by atoms with Gasteiger partial charge in [-0.1, -0.05) is 30.4 Å². The number of alkyl halides is 3. The molecular weight excluding hydrogens is 557 g/mol. The van der Waals surface area contributed by atoms with Crippen molar-refractivity contribution < 1.29 is 27.9 Å². The van der Waals surface area contributed by atoms with Crippen molar-refractivity contribution in [2.45, 2.75) is 19.6 Å². The van der Waals surface area contributed by atoms with E-state index < -0.39 is 17.6 Å². The lowest BCUT2D eigenvalue weighted by Crippen LogP contribution is -2.45. The molecule has 0 saturated carbocycles. The molecule has 3 aromatic heterocycles. The molecule has 41 heavy (non-hydrogen) atoms. The molecule has 13 heteroatoms. The molecule has 1 aliphatic rings. The first-order valence-corrected chi connectivity index (χ1v) is 13.5. The molecule has 1 aromatic carbocycles. The Labute approximate surface area is 238 Å². The highest BCUT2D eigenvalue weighted by Crippen LogP contribution is 2.34. The number of likely N-dealkylation sites (N-methyl/N-ethyl adjacent to an activating group) is 1. The topological polar surface area (TPSA) is 103 Å². The minimum atomic E-state index is -4.57. The lowest BCUT2D eigenvalue weighted by atomic mass is 10.0. The van der Waals surface area contributed by atoms with Crippen molar-refractivity contribution in [3.05, 3.63) is 82.3 Å². The molecule has 1 saturated heterocycles. The minimum absolute atomic E-state index is 0.0783. The highest BCUT2D eigenvalue weighted by atomic mass is 32.1. The van der Waals surface area contributed by atoms with Gasteiger partial charge in [-0.3, -0.25) is 24.2 Å². The summed E-state index contributed by atoms with van der Waals surface area (Å²) < 4.78 is 43.6. The maximum Gasteiger partial charge on any atom is 0.416 e. The number of thiazole rings is 1. The molecule has 9 nitrogen and oxygen atoms in total. The van der Waals surface area contributed by atoms with E-state index in [2.05, 4.69) is 38.9 Å². The van der Waals surface area contributed by atoms with E-state index in [1.165, 1.54) is 18.3 Å². The van der Waals surface area contributed by atoms with E-state index in [4.69, 9.17) is 9.90 Å². The van der Waals surface area contributed by atoms with Gasteiger partial charge in [-0.25, -0.2) is 9.97 Å². The number of pyridine rings is 1. The van der Waals surface area contributed by atoms with Crippen molar-refractivity contribution in [2.24, 2.45) is 0 Å². The van der Waals surface area contributed by atoms with Gasteiger partial charge in [0.05, 0.1) is 22.8 Å². The Morgan fingerprint density at radius 3 is 2.54 bits per heavy atom. The first-order chi connectivity index (χ1) is 19.7. The number of benzene rings is 1. The minimum Gasteiger partial charge on any atom is -0.483 e. The number of hydrogen-bond acceptors (Lipinski definition) is 7. The number of hydrogen-bond donors (Lipinski definition) is 2. The normalized spacial score (nSPS) is 14.0. The van der Waals surface area contributed by atoms with Gasteiger partial charge in [0.15, 0.2) is 5.13 Å². The van der Waals surface area contributed by atoms with Crippen LogP contribution >= 0.6 is 11.3 Å². The van der Waals surface area contributed by atoms with Gasteiger partial charge in [0.25, 0.3) is 12.4 Å². The quantitative estimate of drug-likeness (QED) is 0.266. The van der Waals surface area contributed by atoms with E-state index in [-0.39, 0.29) is 29.3 Å². The summed E-state index contributed by atoms with van der Waals surface area (Å²) in [4.78, 5) is 34.5. The zero-order valence-electron chi connectivity index (χ0n) is 22.1. The van der Waals surface area contributed by atoms with Crippen LogP contribution in [0.4, 0.5) is 18.3 Å². The Kier molecular flexibility index (Phi) is 9.72. The third-order valence-electron chi connectivity index (χ3n) is 6.44. The number of carbonyl (C=O) groups excluding carboxylic acids is 1. The molecule has 2 N–H and O–H groups in total. The first-order valence-electron chi connectivity index (χ1n) is 12.7. The zero-order chi connectivity index (χ0) is 29.4. The van der Waals surface area contributed by atoms with E-state index in [0.29, 0.717) is 23.7 Å². The number of piperazine rings is 1. The highest BCUT2D eigenvalue weighted by molar-refractivity contribution is 7.16. The van der Waals surface area contributed by atoms with Gasteiger partial charge in [0.1, 0.15) is 11.3 Å². The monoisotopic (exact) mass is 584 g/mol. The fourth-order valence-corrected chi connectivity index (χ4v) is 5.00. The van der Waals surface area contributed by atoms with Crippen LogP contribution in [0, 0.1) is 11.8 Å². The second-order valence-corrected chi connectivity index (χ2v) is 10.0. The van der Waals surface area contributed by atoms with Gasteiger partial charge in [-0.05, 0) is 48.2 Å². The number of imidazole rings is 1. The largest absolute Gasteiger partial charge is 0.483 e.